The van der Waals surface area contributed by atoms with Gasteiger partial charge in [0.25, 0.3) is 0 Å². The summed E-state index contributed by atoms with van der Waals surface area (Å²) in [7, 11) is 2.20. The van der Waals surface area contributed by atoms with Gasteiger partial charge < -0.3 is 15.3 Å². The van der Waals surface area contributed by atoms with E-state index in [0.29, 0.717) is 6.04 Å². The molecule has 17 heavy (non-hydrogen) atoms. The molecule has 1 aliphatic heterocycles. The second-order valence-corrected chi connectivity index (χ2v) is 4.83. The molecule has 0 bridgehead atoms. The normalized spacial score (nSPS) is 20.7. The van der Waals surface area contributed by atoms with Gasteiger partial charge in [0, 0.05) is 24.9 Å². The summed E-state index contributed by atoms with van der Waals surface area (Å²) in [5, 5.41) is 12.3. The van der Waals surface area contributed by atoms with Gasteiger partial charge >= 0.3 is 0 Å². The molecule has 1 heterocycles. The summed E-state index contributed by atoms with van der Waals surface area (Å²) in [5.41, 5.74) is 2.36. The van der Waals surface area contributed by atoms with E-state index in [0.717, 1.165) is 13.0 Å². The van der Waals surface area contributed by atoms with Crippen molar-refractivity contribution in [2.75, 3.05) is 32.1 Å². The average Bonchev–Trinajstić information content (AvgIpc) is 2.75. The Hall–Kier alpha value is -1.06. The minimum Gasteiger partial charge on any atom is -0.396 e. The molecule has 94 valence electrons. The number of likely N-dealkylation sites (tertiary alicyclic amines) is 1. The Morgan fingerprint density at radius 3 is 2.71 bits per heavy atom. The predicted octanol–water partition coefficient (Wildman–Crippen LogP) is 1.73. The van der Waals surface area contributed by atoms with Crippen molar-refractivity contribution in [3.05, 3.63) is 29.8 Å². The van der Waals surface area contributed by atoms with E-state index in [1.54, 1.807) is 0 Å². The van der Waals surface area contributed by atoms with Gasteiger partial charge in [0.15, 0.2) is 0 Å². The van der Waals surface area contributed by atoms with Crippen LogP contribution in [0.5, 0.6) is 0 Å². The van der Waals surface area contributed by atoms with Crippen molar-refractivity contribution in [1.82, 2.24) is 4.90 Å². The standard InChI is InChI=1S/C14H22N2O/c1-16-9-2-3-14(16)11-15-13-6-4-12(5-7-13)8-10-17/h4-7,14-15,17H,2-3,8-11H2,1H3. The van der Waals surface area contributed by atoms with Crippen LogP contribution in [0.1, 0.15) is 18.4 Å². The molecule has 1 saturated heterocycles. The molecule has 0 spiro atoms. The Kier molecular flexibility index (Phi) is 4.40. The van der Waals surface area contributed by atoms with Crippen LogP contribution in [0.2, 0.25) is 0 Å². The van der Waals surface area contributed by atoms with Crippen molar-refractivity contribution in [3.63, 3.8) is 0 Å². The van der Waals surface area contributed by atoms with Gasteiger partial charge in [0.2, 0.25) is 0 Å². The third-order valence-corrected chi connectivity index (χ3v) is 3.57. The van der Waals surface area contributed by atoms with Crippen molar-refractivity contribution in [1.29, 1.82) is 0 Å². The first-order valence-corrected chi connectivity index (χ1v) is 6.43. The minimum absolute atomic E-state index is 0.222. The van der Waals surface area contributed by atoms with Crippen molar-refractivity contribution >= 4 is 5.69 Å². The Labute approximate surface area is 103 Å². The van der Waals surface area contributed by atoms with Gasteiger partial charge in [-0.1, -0.05) is 12.1 Å². The zero-order valence-electron chi connectivity index (χ0n) is 10.5. The monoisotopic (exact) mass is 234 g/mol. The van der Waals surface area contributed by atoms with Crippen LogP contribution >= 0.6 is 0 Å². The first kappa shape index (κ1) is 12.4. The highest BCUT2D eigenvalue weighted by Crippen LogP contribution is 2.16. The van der Waals surface area contributed by atoms with Crippen LogP contribution in [0.4, 0.5) is 5.69 Å². The molecule has 0 saturated carbocycles. The molecule has 1 aromatic rings. The van der Waals surface area contributed by atoms with E-state index in [1.807, 2.05) is 0 Å². The average molecular weight is 234 g/mol. The van der Waals surface area contributed by atoms with Crippen LogP contribution in [0, 0.1) is 0 Å². The molecule has 0 aromatic heterocycles. The van der Waals surface area contributed by atoms with Crippen LogP contribution < -0.4 is 5.32 Å². The summed E-state index contributed by atoms with van der Waals surface area (Å²) in [5.74, 6) is 0. The number of anilines is 1. The van der Waals surface area contributed by atoms with Gasteiger partial charge in [-0.15, -0.1) is 0 Å². The molecule has 3 heteroatoms. The molecule has 1 atom stereocenters. The first-order chi connectivity index (χ1) is 8.29. The number of nitrogens with zero attached hydrogens (tertiary/aromatic N) is 1. The molecule has 1 aromatic carbocycles. The summed E-state index contributed by atoms with van der Waals surface area (Å²) in [4.78, 5) is 2.42. The van der Waals surface area contributed by atoms with Crippen LogP contribution in [-0.4, -0.2) is 42.8 Å². The van der Waals surface area contributed by atoms with Crippen LogP contribution in [0.25, 0.3) is 0 Å². The van der Waals surface area contributed by atoms with Crippen LogP contribution in [-0.2, 0) is 6.42 Å². The van der Waals surface area contributed by atoms with Gasteiger partial charge in [-0.2, -0.15) is 0 Å². The highest BCUT2D eigenvalue weighted by atomic mass is 16.2. The third-order valence-electron chi connectivity index (χ3n) is 3.57. The number of likely N-dealkylation sites (N-methyl/N-ethyl adjacent to an activating group) is 1. The molecule has 3 nitrogen and oxygen atoms in total. The second-order valence-electron chi connectivity index (χ2n) is 4.83. The Balaban J connectivity index is 1.82. The topological polar surface area (TPSA) is 35.5 Å². The van der Waals surface area contributed by atoms with Crippen molar-refractivity contribution in [2.45, 2.75) is 25.3 Å². The third kappa shape index (κ3) is 3.45. The summed E-state index contributed by atoms with van der Waals surface area (Å²) < 4.78 is 0. The van der Waals surface area contributed by atoms with Crippen molar-refractivity contribution in [2.24, 2.45) is 0 Å². The summed E-state index contributed by atoms with van der Waals surface area (Å²) in [6, 6.07) is 9.03. The molecule has 1 unspecified atom stereocenters. The fraction of sp³-hybridized carbons (Fsp3) is 0.571. The van der Waals surface area contributed by atoms with E-state index < -0.39 is 0 Å². The Morgan fingerprint density at radius 1 is 1.35 bits per heavy atom. The lowest BCUT2D eigenvalue weighted by molar-refractivity contribution is 0.299. The van der Waals surface area contributed by atoms with E-state index in [9.17, 15) is 0 Å². The number of hydrogen-bond donors (Lipinski definition) is 2. The van der Waals surface area contributed by atoms with Gasteiger partial charge in [-0.3, -0.25) is 0 Å². The summed E-state index contributed by atoms with van der Waals surface area (Å²) >= 11 is 0. The van der Waals surface area contributed by atoms with E-state index in [1.165, 1.54) is 30.6 Å². The molecule has 1 fully saturated rings. The SMILES string of the molecule is CN1CCCC1CNc1ccc(CCO)cc1. The van der Waals surface area contributed by atoms with Gasteiger partial charge in [-0.25, -0.2) is 0 Å². The van der Waals surface area contributed by atoms with Gasteiger partial charge in [0.1, 0.15) is 0 Å². The number of rotatable bonds is 5. The quantitative estimate of drug-likeness (QED) is 0.814. The molecule has 2 N–H and O–H groups in total. The molecule has 0 aliphatic carbocycles. The Bertz CT molecular complexity index is 337. The van der Waals surface area contributed by atoms with E-state index in [2.05, 4.69) is 41.5 Å². The highest BCUT2D eigenvalue weighted by molar-refractivity contribution is 5.44. The predicted molar refractivity (Wildman–Crippen MR) is 71.4 cm³/mol. The van der Waals surface area contributed by atoms with E-state index in [-0.39, 0.29) is 6.61 Å². The minimum atomic E-state index is 0.222. The number of hydrogen-bond acceptors (Lipinski definition) is 3. The maximum absolute atomic E-state index is 8.84. The molecule has 0 radical (unpaired) electrons. The maximum atomic E-state index is 8.84. The number of aliphatic hydroxyl groups is 1. The molecule has 2 rings (SSSR count). The largest absolute Gasteiger partial charge is 0.396 e. The lowest BCUT2D eigenvalue weighted by Crippen LogP contribution is -2.31. The lowest BCUT2D eigenvalue weighted by atomic mass is 10.1. The lowest BCUT2D eigenvalue weighted by Gasteiger charge is -2.20. The Morgan fingerprint density at radius 2 is 2.12 bits per heavy atom. The molecular weight excluding hydrogens is 212 g/mol. The van der Waals surface area contributed by atoms with Gasteiger partial charge in [-0.05, 0) is 50.6 Å². The zero-order chi connectivity index (χ0) is 12.1. The summed E-state index contributed by atoms with van der Waals surface area (Å²) in [6.07, 6.45) is 3.36. The van der Waals surface area contributed by atoms with E-state index in [4.69, 9.17) is 5.11 Å². The van der Waals surface area contributed by atoms with Gasteiger partial charge in [0.05, 0.1) is 0 Å². The molecule has 1 aliphatic rings. The maximum Gasteiger partial charge on any atom is 0.0471 e. The van der Waals surface area contributed by atoms with Crippen LogP contribution in [0.3, 0.4) is 0 Å². The number of aliphatic hydroxyl groups excluding tert-OH is 1. The fourth-order valence-electron chi connectivity index (χ4n) is 2.39. The van der Waals surface area contributed by atoms with E-state index >= 15 is 0 Å². The zero-order valence-corrected chi connectivity index (χ0v) is 10.5. The smallest absolute Gasteiger partial charge is 0.0471 e. The molecule has 0 amide bonds. The number of nitrogens with one attached hydrogen (secondary N) is 1. The van der Waals surface area contributed by atoms with Crippen molar-refractivity contribution in [3.8, 4) is 0 Å². The second kappa shape index (κ2) is 6.03. The molecular formula is C14H22N2O. The number of benzene rings is 1. The fourth-order valence-corrected chi connectivity index (χ4v) is 2.39. The van der Waals surface area contributed by atoms with Crippen molar-refractivity contribution < 1.29 is 5.11 Å². The van der Waals surface area contributed by atoms with Crippen LogP contribution in [0.15, 0.2) is 24.3 Å². The highest BCUT2D eigenvalue weighted by Gasteiger charge is 2.19. The summed E-state index contributed by atoms with van der Waals surface area (Å²) in [6.45, 7) is 2.47. The first-order valence-electron chi connectivity index (χ1n) is 6.43.